The summed E-state index contributed by atoms with van der Waals surface area (Å²) in [5, 5.41) is 0. The van der Waals surface area contributed by atoms with Crippen LogP contribution in [0.15, 0.2) is 0 Å². The summed E-state index contributed by atoms with van der Waals surface area (Å²) in [6, 6.07) is 0. The third kappa shape index (κ3) is 4.31. The van der Waals surface area contributed by atoms with Crippen LogP contribution in [-0.2, 0) is 19.1 Å². The summed E-state index contributed by atoms with van der Waals surface area (Å²) in [6.45, 7) is 5.97. The number of hydrogen-bond donors (Lipinski definition) is 0. The van der Waals surface area contributed by atoms with E-state index in [9.17, 15) is 9.59 Å². The van der Waals surface area contributed by atoms with Crippen molar-refractivity contribution in [3.05, 3.63) is 0 Å². The van der Waals surface area contributed by atoms with Gasteiger partial charge in [0.2, 0.25) is 0 Å². The zero-order valence-electron chi connectivity index (χ0n) is 11.6. The lowest BCUT2D eigenvalue weighted by Gasteiger charge is -2.16. The van der Waals surface area contributed by atoms with Crippen LogP contribution in [0.3, 0.4) is 0 Å². The summed E-state index contributed by atoms with van der Waals surface area (Å²) in [5.41, 5.74) is 0. The van der Waals surface area contributed by atoms with Gasteiger partial charge < -0.3 is 9.47 Å². The molecule has 0 heterocycles. The first kappa shape index (κ1) is 15.0. The molecule has 3 unspecified atom stereocenters. The smallest absolute Gasteiger partial charge is 0.309 e. The monoisotopic (exact) mass is 256 g/mol. The topological polar surface area (TPSA) is 52.6 Å². The molecule has 1 fully saturated rings. The van der Waals surface area contributed by atoms with Gasteiger partial charge in [-0.2, -0.15) is 0 Å². The quantitative estimate of drug-likeness (QED) is 0.541. The van der Waals surface area contributed by atoms with E-state index in [0.29, 0.717) is 11.8 Å². The highest BCUT2D eigenvalue weighted by Gasteiger charge is 2.37. The second-order valence-electron chi connectivity index (χ2n) is 5.03. The van der Waals surface area contributed by atoms with Crippen LogP contribution < -0.4 is 0 Å². The van der Waals surface area contributed by atoms with Crippen LogP contribution in [0.2, 0.25) is 0 Å². The van der Waals surface area contributed by atoms with Crippen LogP contribution in [0.25, 0.3) is 0 Å². The van der Waals surface area contributed by atoms with Gasteiger partial charge in [-0.05, 0) is 24.7 Å². The van der Waals surface area contributed by atoms with Crippen LogP contribution in [-0.4, -0.2) is 25.2 Å². The minimum Gasteiger partial charge on any atom is -0.462 e. The van der Waals surface area contributed by atoms with Crippen molar-refractivity contribution in [2.45, 2.75) is 46.5 Å². The maximum Gasteiger partial charge on any atom is 0.309 e. The van der Waals surface area contributed by atoms with Crippen molar-refractivity contribution in [3.8, 4) is 0 Å². The number of carbonyl (C=O) groups is 2. The minimum atomic E-state index is -0.343. The summed E-state index contributed by atoms with van der Waals surface area (Å²) in [5.74, 6) is 0.684. The Morgan fingerprint density at radius 2 is 1.72 bits per heavy atom. The lowest BCUT2D eigenvalue weighted by Crippen LogP contribution is -2.23. The Bertz CT molecular complexity index is 288. The Balaban J connectivity index is 2.33. The van der Waals surface area contributed by atoms with Gasteiger partial charge in [-0.25, -0.2) is 0 Å². The largest absolute Gasteiger partial charge is 0.462 e. The van der Waals surface area contributed by atoms with E-state index in [0.717, 1.165) is 25.7 Å². The van der Waals surface area contributed by atoms with Gasteiger partial charge in [0.25, 0.3) is 0 Å². The molecule has 104 valence electrons. The summed E-state index contributed by atoms with van der Waals surface area (Å²) >= 11 is 0. The van der Waals surface area contributed by atoms with Gasteiger partial charge in [0, 0.05) is 6.92 Å². The molecule has 1 rings (SSSR count). The highest BCUT2D eigenvalue weighted by molar-refractivity contribution is 5.73. The molecular formula is C14H24O4. The Labute approximate surface area is 109 Å². The van der Waals surface area contributed by atoms with Crippen LogP contribution >= 0.6 is 0 Å². The predicted molar refractivity (Wildman–Crippen MR) is 67.9 cm³/mol. The lowest BCUT2D eigenvalue weighted by molar-refractivity contribution is -0.155. The second kappa shape index (κ2) is 7.39. The van der Waals surface area contributed by atoms with E-state index in [2.05, 4.69) is 13.8 Å². The third-order valence-corrected chi connectivity index (χ3v) is 3.83. The molecule has 1 aliphatic rings. The molecule has 0 saturated heterocycles. The molecule has 0 aromatic heterocycles. The van der Waals surface area contributed by atoms with Crippen molar-refractivity contribution in [1.29, 1.82) is 0 Å². The molecule has 0 radical (unpaired) electrons. The van der Waals surface area contributed by atoms with E-state index in [1.54, 1.807) is 0 Å². The van der Waals surface area contributed by atoms with Crippen molar-refractivity contribution in [3.63, 3.8) is 0 Å². The first-order valence-electron chi connectivity index (χ1n) is 6.88. The van der Waals surface area contributed by atoms with Crippen LogP contribution in [0.1, 0.15) is 46.5 Å². The maximum absolute atomic E-state index is 12.0. The molecule has 0 amide bonds. The highest BCUT2D eigenvalue weighted by atomic mass is 16.6. The number of esters is 2. The van der Waals surface area contributed by atoms with E-state index in [4.69, 9.17) is 9.47 Å². The van der Waals surface area contributed by atoms with Crippen molar-refractivity contribution >= 4 is 11.9 Å². The average Bonchev–Trinajstić information content (AvgIpc) is 2.77. The van der Waals surface area contributed by atoms with Gasteiger partial charge >= 0.3 is 11.9 Å². The predicted octanol–water partition coefficient (Wildman–Crippen LogP) is 2.56. The SMILES string of the molecule is CCC1CC(CC)C(C(=O)OCCOC(C)=O)C1. The maximum atomic E-state index is 12.0. The van der Waals surface area contributed by atoms with Gasteiger partial charge in [0.15, 0.2) is 0 Å². The van der Waals surface area contributed by atoms with Crippen LogP contribution in [0.5, 0.6) is 0 Å². The molecular weight excluding hydrogens is 232 g/mol. The molecule has 1 aliphatic carbocycles. The molecule has 4 heteroatoms. The Kier molecular flexibility index (Phi) is 6.16. The zero-order valence-corrected chi connectivity index (χ0v) is 11.6. The van der Waals surface area contributed by atoms with Crippen LogP contribution in [0, 0.1) is 17.8 Å². The molecule has 0 aliphatic heterocycles. The Hall–Kier alpha value is -1.06. The number of ether oxygens (including phenoxy) is 2. The molecule has 0 aromatic carbocycles. The summed E-state index contributed by atoms with van der Waals surface area (Å²) in [4.78, 5) is 22.5. The van der Waals surface area contributed by atoms with Crippen molar-refractivity contribution in [2.75, 3.05) is 13.2 Å². The van der Waals surface area contributed by atoms with Crippen molar-refractivity contribution in [1.82, 2.24) is 0 Å². The summed E-state index contributed by atoms with van der Waals surface area (Å²) in [6.07, 6.45) is 4.24. The van der Waals surface area contributed by atoms with Gasteiger partial charge in [-0.3, -0.25) is 9.59 Å². The third-order valence-electron chi connectivity index (χ3n) is 3.83. The lowest BCUT2D eigenvalue weighted by atomic mass is 9.94. The van der Waals surface area contributed by atoms with E-state index >= 15 is 0 Å². The minimum absolute atomic E-state index is 0.0391. The molecule has 0 N–H and O–H groups in total. The summed E-state index contributed by atoms with van der Waals surface area (Å²) < 4.78 is 9.92. The van der Waals surface area contributed by atoms with Gasteiger partial charge in [-0.1, -0.05) is 26.7 Å². The van der Waals surface area contributed by atoms with Crippen molar-refractivity contribution in [2.24, 2.45) is 17.8 Å². The van der Waals surface area contributed by atoms with E-state index < -0.39 is 0 Å². The van der Waals surface area contributed by atoms with Gasteiger partial charge in [0.1, 0.15) is 13.2 Å². The highest BCUT2D eigenvalue weighted by Crippen LogP contribution is 2.40. The first-order valence-corrected chi connectivity index (χ1v) is 6.88. The van der Waals surface area contributed by atoms with Gasteiger partial charge in [-0.15, -0.1) is 0 Å². The summed E-state index contributed by atoms with van der Waals surface area (Å²) in [7, 11) is 0. The first-order chi connectivity index (χ1) is 8.58. The van der Waals surface area contributed by atoms with Gasteiger partial charge in [0.05, 0.1) is 5.92 Å². The standard InChI is InChI=1S/C14H24O4/c1-4-11-8-12(5-2)13(9-11)14(16)18-7-6-17-10(3)15/h11-13H,4-9H2,1-3H3. The zero-order chi connectivity index (χ0) is 13.5. The fourth-order valence-electron chi connectivity index (χ4n) is 2.75. The average molecular weight is 256 g/mol. The second-order valence-corrected chi connectivity index (χ2v) is 5.03. The van der Waals surface area contributed by atoms with Crippen molar-refractivity contribution < 1.29 is 19.1 Å². The number of hydrogen-bond acceptors (Lipinski definition) is 4. The van der Waals surface area contributed by atoms with E-state index in [1.165, 1.54) is 6.92 Å². The number of rotatable bonds is 6. The molecule has 4 nitrogen and oxygen atoms in total. The molecule has 3 atom stereocenters. The number of carbonyl (C=O) groups excluding carboxylic acids is 2. The van der Waals surface area contributed by atoms with E-state index in [1.807, 2.05) is 0 Å². The Morgan fingerprint density at radius 3 is 2.28 bits per heavy atom. The molecule has 18 heavy (non-hydrogen) atoms. The fraction of sp³-hybridized carbons (Fsp3) is 0.857. The molecule has 0 bridgehead atoms. The molecule has 0 spiro atoms. The van der Waals surface area contributed by atoms with E-state index in [-0.39, 0.29) is 31.1 Å². The fourth-order valence-corrected chi connectivity index (χ4v) is 2.75. The van der Waals surface area contributed by atoms with Crippen LogP contribution in [0.4, 0.5) is 0 Å². The molecule has 0 aromatic rings. The Morgan fingerprint density at radius 1 is 1.06 bits per heavy atom. The normalized spacial score (nSPS) is 26.9. The molecule has 1 saturated carbocycles.